The average Bonchev–Trinajstić information content (AvgIpc) is 2.19. The van der Waals surface area contributed by atoms with Gasteiger partial charge in [-0.05, 0) is 23.8 Å². The average molecular weight is 224 g/mol. The SMILES string of the molecule is NC(=O)CC#Cc1ccc(Cl)cc1CO. The molecule has 0 saturated heterocycles. The summed E-state index contributed by atoms with van der Waals surface area (Å²) < 4.78 is 0. The summed E-state index contributed by atoms with van der Waals surface area (Å²) in [5.41, 5.74) is 6.23. The molecule has 1 amide bonds. The van der Waals surface area contributed by atoms with Gasteiger partial charge in [0.2, 0.25) is 5.91 Å². The number of hydrogen-bond acceptors (Lipinski definition) is 2. The molecule has 0 aliphatic heterocycles. The first-order valence-corrected chi connectivity index (χ1v) is 4.67. The number of benzene rings is 1. The van der Waals surface area contributed by atoms with Crippen LogP contribution in [0.25, 0.3) is 0 Å². The van der Waals surface area contributed by atoms with Gasteiger partial charge in [0.05, 0.1) is 13.0 Å². The van der Waals surface area contributed by atoms with E-state index in [4.69, 9.17) is 22.4 Å². The Bertz CT molecular complexity index is 432. The highest BCUT2D eigenvalue weighted by Crippen LogP contribution is 2.15. The summed E-state index contributed by atoms with van der Waals surface area (Å²) in [6, 6.07) is 5.01. The third kappa shape index (κ3) is 3.62. The van der Waals surface area contributed by atoms with Crippen molar-refractivity contribution in [1.82, 2.24) is 0 Å². The fraction of sp³-hybridized carbons (Fsp3) is 0.182. The molecule has 0 heterocycles. The van der Waals surface area contributed by atoms with Gasteiger partial charge in [-0.15, -0.1) is 0 Å². The molecule has 4 heteroatoms. The Hall–Kier alpha value is -1.50. The Labute approximate surface area is 92.9 Å². The first-order chi connectivity index (χ1) is 7.13. The molecule has 0 spiro atoms. The Morgan fingerprint density at radius 3 is 2.87 bits per heavy atom. The van der Waals surface area contributed by atoms with E-state index in [1.54, 1.807) is 18.2 Å². The largest absolute Gasteiger partial charge is 0.392 e. The minimum absolute atomic E-state index is 0.00744. The van der Waals surface area contributed by atoms with Crippen LogP contribution in [-0.2, 0) is 11.4 Å². The van der Waals surface area contributed by atoms with Gasteiger partial charge < -0.3 is 10.8 Å². The number of aliphatic hydroxyl groups is 1. The van der Waals surface area contributed by atoms with Crippen molar-refractivity contribution in [3.63, 3.8) is 0 Å². The third-order valence-corrected chi connectivity index (χ3v) is 1.96. The number of rotatable bonds is 2. The fourth-order valence-electron chi connectivity index (χ4n) is 1.04. The van der Waals surface area contributed by atoms with Crippen LogP contribution in [0.4, 0.5) is 0 Å². The second-order valence-electron chi connectivity index (χ2n) is 2.90. The fourth-order valence-corrected chi connectivity index (χ4v) is 1.24. The summed E-state index contributed by atoms with van der Waals surface area (Å²) in [7, 11) is 0. The lowest BCUT2D eigenvalue weighted by Crippen LogP contribution is -2.08. The number of halogens is 1. The molecule has 1 aromatic carbocycles. The maximum absolute atomic E-state index is 10.4. The molecular formula is C11H10ClNO2. The van der Waals surface area contributed by atoms with Crippen molar-refractivity contribution >= 4 is 17.5 Å². The highest BCUT2D eigenvalue weighted by molar-refractivity contribution is 6.30. The van der Waals surface area contributed by atoms with Crippen molar-refractivity contribution in [3.8, 4) is 11.8 Å². The zero-order valence-corrected chi connectivity index (χ0v) is 8.71. The molecule has 1 rings (SSSR count). The zero-order chi connectivity index (χ0) is 11.3. The number of primary amides is 1. The first-order valence-electron chi connectivity index (χ1n) is 4.30. The van der Waals surface area contributed by atoms with Crippen LogP contribution in [0.3, 0.4) is 0 Å². The van der Waals surface area contributed by atoms with Gasteiger partial charge in [-0.2, -0.15) is 0 Å². The van der Waals surface area contributed by atoms with Gasteiger partial charge in [-0.1, -0.05) is 23.4 Å². The van der Waals surface area contributed by atoms with Gasteiger partial charge in [0.1, 0.15) is 0 Å². The maximum Gasteiger partial charge on any atom is 0.229 e. The van der Waals surface area contributed by atoms with Crippen LogP contribution in [0.2, 0.25) is 5.02 Å². The molecule has 0 aliphatic carbocycles. The summed E-state index contributed by atoms with van der Waals surface area (Å²) in [4.78, 5) is 10.4. The molecule has 78 valence electrons. The molecule has 0 saturated carbocycles. The van der Waals surface area contributed by atoms with Crippen LogP contribution in [0.15, 0.2) is 18.2 Å². The van der Waals surface area contributed by atoms with Crippen molar-refractivity contribution in [2.24, 2.45) is 5.73 Å². The quantitative estimate of drug-likeness (QED) is 0.737. The van der Waals surface area contributed by atoms with Crippen LogP contribution >= 0.6 is 11.6 Å². The summed E-state index contributed by atoms with van der Waals surface area (Å²) in [5.74, 6) is 4.90. The monoisotopic (exact) mass is 223 g/mol. The van der Waals surface area contributed by atoms with Crippen LogP contribution in [0, 0.1) is 11.8 Å². The normalized spacial score (nSPS) is 9.20. The summed E-state index contributed by atoms with van der Waals surface area (Å²) in [6.07, 6.45) is 0.00744. The highest BCUT2D eigenvalue weighted by Gasteiger charge is 1.99. The molecule has 3 nitrogen and oxygen atoms in total. The van der Waals surface area contributed by atoms with Crippen molar-refractivity contribution in [1.29, 1.82) is 0 Å². The molecule has 0 bridgehead atoms. The lowest BCUT2D eigenvalue weighted by Gasteiger charge is -2.00. The number of carbonyl (C=O) groups excluding carboxylic acids is 1. The molecule has 0 atom stereocenters. The van der Waals surface area contributed by atoms with Crippen LogP contribution in [-0.4, -0.2) is 11.0 Å². The minimum atomic E-state index is -0.470. The Morgan fingerprint density at radius 2 is 2.27 bits per heavy atom. The smallest absolute Gasteiger partial charge is 0.229 e. The first kappa shape index (κ1) is 11.6. The standard InChI is InChI=1S/C11H10ClNO2/c12-10-5-4-8(9(6-10)7-14)2-1-3-11(13)15/h4-6,14H,3,7H2,(H2,13,15). The molecule has 0 radical (unpaired) electrons. The van der Waals surface area contributed by atoms with E-state index < -0.39 is 5.91 Å². The van der Waals surface area contributed by atoms with E-state index in [0.717, 1.165) is 0 Å². The Balaban J connectivity index is 2.92. The second-order valence-corrected chi connectivity index (χ2v) is 3.34. The van der Waals surface area contributed by atoms with Crippen LogP contribution < -0.4 is 5.73 Å². The molecular weight excluding hydrogens is 214 g/mol. The van der Waals surface area contributed by atoms with Crippen molar-refractivity contribution < 1.29 is 9.90 Å². The van der Waals surface area contributed by atoms with E-state index in [1.807, 2.05) is 0 Å². The lowest BCUT2D eigenvalue weighted by molar-refractivity contribution is -0.117. The number of hydrogen-bond donors (Lipinski definition) is 2. The summed E-state index contributed by atoms with van der Waals surface area (Å²) in [5, 5.41) is 9.57. The topological polar surface area (TPSA) is 63.3 Å². The molecule has 3 N–H and O–H groups in total. The predicted octanol–water partition coefficient (Wildman–Crippen LogP) is 1.06. The van der Waals surface area contributed by atoms with E-state index in [9.17, 15) is 4.79 Å². The molecule has 0 aromatic heterocycles. The van der Waals surface area contributed by atoms with E-state index in [1.165, 1.54) is 0 Å². The number of amides is 1. The van der Waals surface area contributed by atoms with E-state index >= 15 is 0 Å². The minimum Gasteiger partial charge on any atom is -0.392 e. The van der Waals surface area contributed by atoms with E-state index in [-0.39, 0.29) is 13.0 Å². The Kier molecular flexibility index (Phi) is 4.17. The van der Waals surface area contributed by atoms with Gasteiger partial charge in [0, 0.05) is 10.6 Å². The third-order valence-electron chi connectivity index (χ3n) is 1.72. The van der Waals surface area contributed by atoms with Gasteiger partial charge in [-0.25, -0.2) is 0 Å². The van der Waals surface area contributed by atoms with Crippen LogP contribution in [0.5, 0.6) is 0 Å². The Morgan fingerprint density at radius 1 is 1.53 bits per heavy atom. The second kappa shape index (κ2) is 5.40. The number of aliphatic hydroxyl groups excluding tert-OH is 1. The molecule has 0 fully saturated rings. The van der Waals surface area contributed by atoms with Gasteiger partial charge in [0.15, 0.2) is 0 Å². The van der Waals surface area contributed by atoms with Crippen molar-refractivity contribution in [2.75, 3.05) is 0 Å². The molecule has 0 unspecified atom stereocenters. The van der Waals surface area contributed by atoms with Gasteiger partial charge in [-0.3, -0.25) is 4.79 Å². The maximum atomic E-state index is 10.4. The van der Waals surface area contributed by atoms with E-state index in [0.29, 0.717) is 16.1 Å². The predicted molar refractivity (Wildman–Crippen MR) is 58.1 cm³/mol. The molecule has 15 heavy (non-hydrogen) atoms. The van der Waals surface area contributed by atoms with Crippen molar-refractivity contribution in [2.45, 2.75) is 13.0 Å². The van der Waals surface area contributed by atoms with Gasteiger partial charge in [0.25, 0.3) is 0 Å². The van der Waals surface area contributed by atoms with E-state index in [2.05, 4.69) is 11.8 Å². The summed E-state index contributed by atoms with van der Waals surface area (Å²) >= 11 is 5.75. The molecule has 0 aliphatic rings. The number of nitrogens with two attached hydrogens (primary N) is 1. The zero-order valence-electron chi connectivity index (χ0n) is 7.96. The molecule has 1 aromatic rings. The van der Waals surface area contributed by atoms with Crippen LogP contribution in [0.1, 0.15) is 17.5 Å². The highest BCUT2D eigenvalue weighted by atomic mass is 35.5. The van der Waals surface area contributed by atoms with Gasteiger partial charge >= 0.3 is 0 Å². The summed E-state index contributed by atoms with van der Waals surface area (Å²) in [6.45, 7) is -0.138. The van der Waals surface area contributed by atoms with Crippen molar-refractivity contribution in [3.05, 3.63) is 34.3 Å². The number of carbonyl (C=O) groups is 1. The lowest BCUT2D eigenvalue weighted by atomic mass is 10.1.